The molecule has 0 saturated heterocycles. The minimum Gasteiger partial charge on any atom is -0.392 e. The highest BCUT2D eigenvalue weighted by atomic mass is 79.9. The van der Waals surface area contributed by atoms with Gasteiger partial charge in [0, 0.05) is 31.9 Å². The lowest BCUT2D eigenvalue weighted by Gasteiger charge is -2.11. The van der Waals surface area contributed by atoms with Crippen molar-refractivity contribution in [2.24, 2.45) is 0 Å². The molecule has 0 aliphatic carbocycles. The van der Waals surface area contributed by atoms with Gasteiger partial charge in [-0.15, -0.1) is 11.3 Å². The van der Waals surface area contributed by atoms with Gasteiger partial charge in [0.25, 0.3) is 0 Å². The fourth-order valence-electron chi connectivity index (χ4n) is 1.62. The summed E-state index contributed by atoms with van der Waals surface area (Å²) in [6.45, 7) is -0.273. The van der Waals surface area contributed by atoms with E-state index in [4.69, 9.17) is 23.2 Å². The smallest absolute Gasteiger partial charge is 0.242 e. The van der Waals surface area contributed by atoms with E-state index in [0.717, 1.165) is 9.35 Å². The van der Waals surface area contributed by atoms with E-state index in [2.05, 4.69) is 20.7 Å². The van der Waals surface area contributed by atoms with Gasteiger partial charge in [0.1, 0.15) is 4.90 Å². The fourth-order valence-corrected chi connectivity index (χ4v) is 5.00. The van der Waals surface area contributed by atoms with E-state index in [1.807, 2.05) is 11.4 Å². The maximum absolute atomic E-state index is 12.3. The van der Waals surface area contributed by atoms with Crippen LogP contribution in [-0.4, -0.2) is 13.5 Å². The van der Waals surface area contributed by atoms with Gasteiger partial charge in [0.2, 0.25) is 10.0 Å². The first kappa shape index (κ1) is 17.2. The Morgan fingerprint density at radius 1 is 1.33 bits per heavy atom. The maximum atomic E-state index is 12.3. The van der Waals surface area contributed by atoms with Crippen LogP contribution in [0, 0.1) is 0 Å². The van der Waals surface area contributed by atoms with Gasteiger partial charge < -0.3 is 5.11 Å². The van der Waals surface area contributed by atoms with E-state index >= 15 is 0 Å². The second kappa shape index (κ2) is 6.95. The zero-order chi connectivity index (χ0) is 15.6. The van der Waals surface area contributed by atoms with Gasteiger partial charge in [-0.1, -0.05) is 23.2 Å². The predicted octanol–water partition coefficient (Wildman–Crippen LogP) is 3.79. The molecule has 0 unspecified atom stereocenters. The first-order chi connectivity index (χ1) is 9.85. The second-order valence-corrected chi connectivity index (χ2v) is 8.48. The number of benzene rings is 1. The number of aliphatic hydroxyl groups is 1. The Hall–Kier alpha value is -0.150. The summed E-state index contributed by atoms with van der Waals surface area (Å²) in [6, 6.07) is 4.54. The first-order valence-corrected chi connectivity index (χ1v) is 9.56. The molecule has 2 rings (SSSR count). The molecule has 4 nitrogen and oxygen atoms in total. The number of rotatable bonds is 5. The van der Waals surface area contributed by atoms with E-state index in [9.17, 15) is 13.5 Å². The van der Waals surface area contributed by atoms with Crippen molar-refractivity contribution in [2.45, 2.75) is 18.0 Å². The van der Waals surface area contributed by atoms with Crippen LogP contribution in [0.4, 0.5) is 0 Å². The molecule has 9 heteroatoms. The Labute approximate surface area is 144 Å². The second-order valence-electron chi connectivity index (χ2n) is 4.05. The molecule has 114 valence electrons. The number of aliphatic hydroxyl groups excluding tert-OH is 1. The molecular formula is C12H10BrCl2NO3S2. The molecule has 0 fully saturated rings. The van der Waals surface area contributed by atoms with E-state index in [-0.39, 0.29) is 27.0 Å². The van der Waals surface area contributed by atoms with Crippen molar-refractivity contribution >= 4 is 60.5 Å². The van der Waals surface area contributed by atoms with Gasteiger partial charge in [-0.05, 0) is 34.1 Å². The SMILES string of the molecule is O=S(=O)(NCc1cc(Br)cs1)c1ccc(Cl)c(CO)c1Cl. The normalized spacial score (nSPS) is 11.8. The van der Waals surface area contributed by atoms with Crippen molar-refractivity contribution in [2.75, 3.05) is 0 Å². The maximum Gasteiger partial charge on any atom is 0.242 e. The Balaban J connectivity index is 2.27. The molecule has 0 aliphatic heterocycles. The fraction of sp³-hybridized carbons (Fsp3) is 0.167. The molecule has 0 radical (unpaired) electrons. The highest BCUT2D eigenvalue weighted by molar-refractivity contribution is 9.10. The van der Waals surface area contributed by atoms with Crippen molar-refractivity contribution in [3.8, 4) is 0 Å². The van der Waals surface area contributed by atoms with Gasteiger partial charge in [-0.25, -0.2) is 13.1 Å². The van der Waals surface area contributed by atoms with Crippen LogP contribution in [0.2, 0.25) is 10.0 Å². The van der Waals surface area contributed by atoms with Crippen LogP contribution in [-0.2, 0) is 23.2 Å². The average molecular weight is 431 g/mol. The molecule has 21 heavy (non-hydrogen) atoms. The summed E-state index contributed by atoms with van der Waals surface area (Å²) in [7, 11) is -3.79. The lowest BCUT2D eigenvalue weighted by atomic mass is 10.2. The lowest BCUT2D eigenvalue weighted by Crippen LogP contribution is -2.23. The molecule has 0 atom stereocenters. The summed E-state index contributed by atoms with van der Waals surface area (Å²) in [5, 5.41) is 11.2. The van der Waals surface area contributed by atoms with Crippen LogP contribution >= 0.6 is 50.5 Å². The number of hydrogen-bond donors (Lipinski definition) is 2. The largest absolute Gasteiger partial charge is 0.392 e. The Morgan fingerprint density at radius 3 is 2.62 bits per heavy atom. The number of thiophene rings is 1. The highest BCUT2D eigenvalue weighted by Gasteiger charge is 2.21. The number of nitrogens with one attached hydrogen (secondary N) is 1. The molecule has 0 spiro atoms. The summed E-state index contributed by atoms with van der Waals surface area (Å²) in [5.74, 6) is 0. The molecule has 1 aromatic heterocycles. The Kier molecular flexibility index (Phi) is 5.70. The van der Waals surface area contributed by atoms with E-state index in [1.165, 1.54) is 23.5 Å². The van der Waals surface area contributed by atoms with Gasteiger partial charge in [-0.2, -0.15) is 0 Å². The summed E-state index contributed by atoms with van der Waals surface area (Å²) < 4.78 is 27.9. The summed E-state index contributed by atoms with van der Waals surface area (Å²) in [4.78, 5) is 0.756. The van der Waals surface area contributed by atoms with Crippen molar-refractivity contribution < 1.29 is 13.5 Å². The molecule has 2 aromatic rings. The molecule has 0 bridgehead atoms. The Bertz CT molecular complexity index is 762. The zero-order valence-electron chi connectivity index (χ0n) is 10.4. The van der Waals surface area contributed by atoms with Crippen LogP contribution in [0.1, 0.15) is 10.4 Å². The van der Waals surface area contributed by atoms with Gasteiger partial charge in [0.05, 0.1) is 11.6 Å². The molecule has 2 N–H and O–H groups in total. The van der Waals surface area contributed by atoms with Crippen molar-refractivity contribution in [3.63, 3.8) is 0 Å². The van der Waals surface area contributed by atoms with E-state index < -0.39 is 16.6 Å². The predicted molar refractivity (Wildman–Crippen MR) is 88.4 cm³/mol. The molecule has 1 heterocycles. The quantitative estimate of drug-likeness (QED) is 0.758. The number of halogens is 3. The van der Waals surface area contributed by atoms with Crippen molar-refractivity contribution in [3.05, 3.63) is 48.5 Å². The monoisotopic (exact) mass is 429 g/mol. The zero-order valence-corrected chi connectivity index (χ0v) is 15.2. The van der Waals surface area contributed by atoms with Gasteiger partial charge in [0.15, 0.2) is 0 Å². The third-order valence-electron chi connectivity index (χ3n) is 2.66. The van der Waals surface area contributed by atoms with Crippen LogP contribution in [0.25, 0.3) is 0 Å². The summed E-state index contributed by atoms with van der Waals surface area (Å²) in [6.07, 6.45) is 0. The van der Waals surface area contributed by atoms with Crippen molar-refractivity contribution in [1.82, 2.24) is 4.72 Å². The summed E-state index contributed by atoms with van der Waals surface area (Å²) in [5.41, 5.74) is 0.195. The topological polar surface area (TPSA) is 66.4 Å². The molecule has 0 amide bonds. The van der Waals surface area contributed by atoms with Crippen molar-refractivity contribution in [1.29, 1.82) is 0 Å². The van der Waals surface area contributed by atoms with Crippen LogP contribution in [0.15, 0.2) is 32.9 Å². The highest BCUT2D eigenvalue weighted by Crippen LogP contribution is 2.31. The molecule has 0 saturated carbocycles. The third-order valence-corrected chi connectivity index (χ3v) is 6.70. The first-order valence-electron chi connectivity index (χ1n) is 5.65. The average Bonchev–Trinajstić information content (AvgIpc) is 2.83. The minimum atomic E-state index is -3.79. The van der Waals surface area contributed by atoms with E-state index in [1.54, 1.807) is 0 Å². The van der Waals surface area contributed by atoms with E-state index in [0.29, 0.717) is 0 Å². The molecule has 0 aliphatic rings. The van der Waals surface area contributed by atoms with Gasteiger partial charge >= 0.3 is 0 Å². The van der Waals surface area contributed by atoms with Crippen LogP contribution in [0.5, 0.6) is 0 Å². The Morgan fingerprint density at radius 2 is 2.05 bits per heavy atom. The lowest BCUT2D eigenvalue weighted by molar-refractivity contribution is 0.281. The third kappa shape index (κ3) is 3.98. The molecule has 1 aromatic carbocycles. The van der Waals surface area contributed by atoms with Crippen LogP contribution < -0.4 is 4.72 Å². The van der Waals surface area contributed by atoms with Gasteiger partial charge in [-0.3, -0.25) is 0 Å². The summed E-state index contributed by atoms with van der Waals surface area (Å²) >= 11 is 16.6. The molecular weight excluding hydrogens is 421 g/mol. The minimum absolute atomic E-state index is 0.0649. The standard InChI is InChI=1S/C12H10BrCl2NO3S2/c13-7-3-8(20-6-7)4-16-21(18,19)11-2-1-10(14)9(5-17)12(11)15/h1-3,6,16-17H,4-5H2. The van der Waals surface area contributed by atoms with Crippen LogP contribution in [0.3, 0.4) is 0 Å². The number of sulfonamides is 1. The number of hydrogen-bond acceptors (Lipinski definition) is 4.